The van der Waals surface area contributed by atoms with Gasteiger partial charge in [0.1, 0.15) is 0 Å². The van der Waals surface area contributed by atoms with E-state index in [1.165, 1.54) is 4.57 Å². The van der Waals surface area contributed by atoms with Crippen LogP contribution < -0.4 is 11.2 Å². The molecule has 0 aliphatic carbocycles. The third-order valence-electron chi connectivity index (χ3n) is 2.35. The normalized spacial score (nSPS) is 12.9. The number of benzene rings is 1. The zero-order valence-electron chi connectivity index (χ0n) is 8.80. The van der Waals surface area contributed by atoms with Crippen LogP contribution in [0.2, 0.25) is 0 Å². The predicted molar refractivity (Wildman–Crippen MR) is 67.3 cm³/mol. The maximum atomic E-state index is 11.7. The van der Waals surface area contributed by atoms with Gasteiger partial charge < -0.3 is 0 Å². The molecule has 1 aromatic carbocycles. The minimum absolute atomic E-state index is 0.0482. The van der Waals surface area contributed by atoms with Crippen molar-refractivity contribution in [1.82, 2.24) is 9.55 Å². The fourth-order valence-electron chi connectivity index (χ4n) is 1.69. The number of hydrogen-bond acceptors (Lipinski definition) is 3. The van der Waals surface area contributed by atoms with Crippen LogP contribution in [0.25, 0.3) is 10.9 Å². The summed E-state index contributed by atoms with van der Waals surface area (Å²) < 4.78 is 1.54. The summed E-state index contributed by atoms with van der Waals surface area (Å²) in [6, 6.07) is 7.05. The van der Waals surface area contributed by atoms with E-state index in [0.29, 0.717) is 17.4 Å². The molecule has 5 heteroatoms. The van der Waals surface area contributed by atoms with Crippen LogP contribution in [0.4, 0.5) is 0 Å². The molecule has 0 radical (unpaired) electrons. The Balaban J connectivity index is 2.82. The van der Waals surface area contributed by atoms with Crippen molar-refractivity contribution in [2.24, 2.45) is 0 Å². The van der Waals surface area contributed by atoms with Crippen molar-refractivity contribution in [3.63, 3.8) is 0 Å². The Labute approximate surface area is 97.3 Å². The quantitative estimate of drug-likeness (QED) is 0.765. The second-order valence-electron chi connectivity index (χ2n) is 3.74. The molecule has 84 valence electrons. The number of fused-ring (bicyclic) bond motifs is 1. The summed E-state index contributed by atoms with van der Waals surface area (Å²) in [5.41, 5.74) is -0.0783. The lowest BCUT2D eigenvalue weighted by molar-refractivity contribution is 0.671. The summed E-state index contributed by atoms with van der Waals surface area (Å²) in [4.78, 5) is 25.5. The second kappa shape index (κ2) is 4.17. The van der Waals surface area contributed by atoms with Crippen LogP contribution >= 0.6 is 12.6 Å². The van der Waals surface area contributed by atoms with Gasteiger partial charge >= 0.3 is 5.69 Å². The lowest BCUT2D eigenvalue weighted by Crippen LogP contribution is -2.32. The van der Waals surface area contributed by atoms with Gasteiger partial charge in [-0.2, -0.15) is 12.6 Å². The monoisotopic (exact) mass is 236 g/mol. The van der Waals surface area contributed by atoms with Gasteiger partial charge in [0.05, 0.1) is 10.9 Å². The highest BCUT2D eigenvalue weighted by Gasteiger charge is 2.07. The predicted octanol–water partition coefficient (Wildman–Crippen LogP) is 1.01. The summed E-state index contributed by atoms with van der Waals surface area (Å²) in [5.74, 6) is 0. The van der Waals surface area contributed by atoms with Gasteiger partial charge in [-0.15, -0.1) is 0 Å². The molecule has 1 heterocycles. The molecule has 0 aliphatic heterocycles. The van der Waals surface area contributed by atoms with Crippen molar-refractivity contribution in [2.45, 2.75) is 18.7 Å². The van der Waals surface area contributed by atoms with Gasteiger partial charge in [-0.3, -0.25) is 14.3 Å². The van der Waals surface area contributed by atoms with Crippen molar-refractivity contribution < 1.29 is 0 Å². The Morgan fingerprint density at radius 2 is 2.06 bits per heavy atom. The van der Waals surface area contributed by atoms with Gasteiger partial charge in [-0.1, -0.05) is 19.1 Å². The van der Waals surface area contributed by atoms with Gasteiger partial charge in [-0.25, -0.2) is 4.79 Å². The van der Waals surface area contributed by atoms with Crippen molar-refractivity contribution in [2.75, 3.05) is 0 Å². The highest BCUT2D eigenvalue weighted by molar-refractivity contribution is 7.80. The SMILES string of the molecule is CC(S)Cn1c(=O)[nH]c(=O)c2ccccc21. The van der Waals surface area contributed by atoms with E-state index in [0.717, 1.165) is 0 Å². The first-order valence-electron chi connectivity index (χ1n) is 4.99. The van der Waals surface area contributed by atoms with Crippen molar-refractivity contribution in [3.8, 4) is 0 Å². The molecule has 0 bridgehead atoms. The molecule has 1 atom stereocenters. The van der Waals surface area contributed by atoms with Gasteiger partial charge in [0, 0.05) is 11.8 Å². The number of aromatic nitrogens is 2. The lowest BCUT2D eigenvalue weighted by Gasteiger charge is -2.10. The Morgan fingerprint density at radius 3 is 2.75 bits per heavy atom. The summed E-state index contributed by atoms with van der Waals surface area (Å²) in [7, 11) is 0. The molecule has 2 rings (SSSR count). The van der Waals surface area contributed by atoms with Crippen LogP contribution in [-0.2, 0) is 6.54 Å². The first kappa shape index (κ1) is 11.0. The third-order valence-corrected chi connectivity index (χ3v) is 2.52. The van der Waals surface area contributed by atoms with Gasteiger partial charge in [-0.05, 0) is 12.1 Å². The standard InChI is InChI=1S/C11H12N2O2S/c1-7(16)6-13-9-5-3-2-4-8(9)10(14)12-11(13)15/h2-5,7,16H,6H2,1H3,(H,12,14,15). The van der Waals surface area contributed by atoms with Gasteiger partial charge in [0.25, 0.3) is 5.56 Å². The smallest absolute Gasteiger partial charge is 0.292 e. The maximum Gasteiger partial charge on any atom is 0.328 e. The molecule has 1 N–H and O–H groups in total. The lowest BCUT2D eigenvalue weighted by atomic mass is 10.2. The number of rotatable bonds is 2. The number of hydrogen-bond donors (Lipinski definition) is 2. The van der Waals surface area contributed by atoms with E-state index >= 15 is 0 Å². The zero-order valence-corrected chi connectivity index (χ0v) is 9.70. The van der Waals surface area contributed by atoms with E-state index in [2.05, 4.69) is 17.6 Å². The number of nitrogens with zero attached hydrogens (tertiary/aromatic N) is 1. The highest BCUT2D eigenvalue weighted by atomic mass is 32.1. The maximum absolute atomic E-state index is 11.7. The number of para-hydroxylation sites is 1. The van der Waals surface area contributed by atoms with Crippen LogP contribution in [0, 0.1) is 0 Å². The minimum atomic E-state index is -0.385. The number of H-pyrrole nitrogens is 1. The van der Waals surface area contributed by atoms with Gasteiger partial charge in [0.2, 0.25) is 0 Å². The topological polar surface area (TPSA) is 54.9 Å². The first-order chi connectivity index (χ1) is 7.59. The summed E-state index contributed by atoms with van der Waals surface area (Å²) in [5, 5.41) is 0.572. The average Bonchev–Trinajstić information content (AvgIpc) is 2.24. The largest absolute Gasteiger partial charge is 0.328 e. The molecular formula is C11H12N2O2S. The Morgan fingerprint density at radius 1 is 1.38 bits per heavy atom. The molecule has 0 fully saturated rings. The summed E-state index contributed by atoms with van der Waals surface area (Å²) in [6.07, 6.45) is 0. The average molecular weight is 236 g/mol. The summed E-state index contributed by atoms with van der Waals surface area (Å²) >= 11 is 4.26. The minimum Gasteiger partial charge on any atom is -0.292 e. The Hall–Kier alpha value is -1.49. The molecule has 0 aliphatic rings. The van der Waals surface area contributed by atoms with Crippen LogP contribution in [0.15, 0.2) is 33.9 Å². The van der Waals surface area contributed by atoms with E-state index in [1.54, 1.807) is 24.3 Å². The van der Waals surface area contributed by atoms with E-state index in [-0.39, 0.29) is 16.5 Å². The Kier molecular flexibility index (Phi) is 2.87. The molecule has 1 aromatic heterocycles. The molecule has 0 spiro atoms. The van der Waals surface area contributed by atoms with Crippen LogP contribution in [0.3, 0.4) is 0 Å². The summed E-state index contributed by atoms with van der Waals surface area (Å²) in [6.45, 7) is 2.37. The number of aromatic amines is 1. The van der Waals surface area contributed by atoms with E-state index in [1.807, 2.05) is 6.92 Å². The highest BCUT2D eigenvalue weighted by Crippen LogP contribution is 2.08. The van der Waals surface area contributed by atoms with Crippen molar-refractivity contribution in [1.29, 1.82) is 0 Å². The molecule has 0 saturated heterocycles. The fraction of sp³-hybridized carbons (Fsp3) is 0.273. The molecule has 4 nitrogen and oxygen atoms in total. The third kappa shape index (κ3) is 1.90. The molecule has 16 heavy (non-hydrogen) atoms. The Bertz CT molecular complexity index is 628. The molecule has 0 saturated carbocycles. The number of nitrogens with one attached hydrogen (secondary N) is 1. The van der Waals surface area contributed by atoms with E-state index < -0.39 is 0 Å². The molecule has 1 unspecified atom stereocenters. The molecule has 0 amide bonds. The van der Waals surface area contributed by atoms with Crippen molar-refractivity contribution in [3.05, 3.63) is 45.1 Å². The van der Waals surface area contributed by atoms with Crippen LogP contribution in [0.1, 0.15) is 6.92 Å². The van der Waals surface area contributed by atoms with Crippen molar-refractivity contribution >= 4 is 23.5 Å². The fourth-order valence-corrected chi connectivity index (χ4v) is 1.85. The molecule has 2 aromatic rings. The zero-order chi connectivity index (χ0) is 11.7. The van der Waals surface area contributed by atoms with E-state index in [9.17, 15) is 9.59 Å². The molecular weight excluding hydrogens is 224 g/mol. The van der Waals surface area contributed by atoms with Crippen LogP contribution in [0.5, 0.6) is 0 Å². The first-order valence-corrected chi connectivity index (χ1v) is 5.51. The second-order valence-corrected chi connectivity index (χ2v) is 4.62. The van der Waals surface area contributed by atoms with Gasteiger partial charge in [0.15, 0.2) is 0 Å². The number of thiol groups is 1. The van der Waals surface area contributed by atoms with Crippen LogP contribution in [-0.4, -0.2) is 14.8 Å². The van der Waals surface area contributed by atoms with E-state index in [4.69, 9.17) is 0 Å².